The van der Waals surface area contributed by atoms with Crippen molar-refractivity contribution < 1.29 is 4.79 Å². The highest BCUT2D eigenvalue weighted by molar-refractivity contribution is 7.98. The lowest BCUT2D eigenvalue weighted by Gasteiger charge is -2.40. The van der Waals surface area contributed by atoms with Crippen molar-refractivity contribution in [3.63, 3.8) is 0 Å². The van der Waals surface area contributed by atoms with Gasteiger partial charge in [0.15, 0.2) is 0 Å². The molecular formula is C19H21ClN2OS. The molecule has 1 amide bonds. The summed E-state index contributed by atoms with van der Waals surface area (Å²) in [6.07, 6.45) is 2.00. The van der Waals surface area contributed by atoms with Gasteiger partial charge in [0.2, 0.25) is 0 Å². The fourth-order valence-electron chi connectivity index (χ4n) is 3.07. The fraction of sp³-hybridized carbons (Fsp3) is 0.316. The number of amides is 1. The fourth-order valence-corrected chi connectivity index (χ4v) is 3.71. The van der Waals surface area contributed by atoms with Crippen molar-refractivity contribution in [2.75, 3.05) is 32.9 Å². The molecule has 24 heavy (non-hydrogen) atoms. The van der Waals surface area contributed by atoms with Gasteiger partial charge in [0.1, 0.15) is 0 Å². The van der Waals surface area contributed by atoms with Crippen LogP contribution in [-0.4, -0.2) is 48.6 Å². The lowest BCUT2D eigenvalue weighted by molar-refractivity contribution is 0.0498. The van der Waals surface area contributed by atoms with Gasteiger partial charge in [-0.05, 0) is 37.1 Å². The predicted molar refractivity (Wildman–Crippen MR) is 101 cm³/mol. The number of nitrogens with zero attached hydrogens (tertiary/aromatic N) is 2. The topological polar surface area (TPSA) is 23.6 Å². The number of likely N-dealkylation sites (N-methyl/N-ethyl adjacent to an activating group) is 1. The number of rotatable bonds is 3. The molecule has 1 heterocycles. The standard InChI is InChI=1S/C19H21ClN2OS/c1-21-10-11-22(18(13-21)14-6-4-3-5-7-14)19(23)16-12-15(24-2)8-9-17(16)20/h3-9,12,18H,10-11,13H2,1-2H3. The summed E-state index contributed by atoms with van der Waals surface area (Å²) in [7, 11) is 2.10. The highest BCUT2D eigenvalue weighted by atomic mass is 35.5. The summed E-state index contributed by atoms with van der Waals surface area (Å²) in [5.74, 6) is 0.0119. The van der Waals surface area contributed by atoms with E-state index in [0.29, 0.717) is 17.1 Å². The molecule has 0 aromatic heterocycles. The molecule has 0 bridgehead atoms. The van der Waals surface area contributed by atoms with Gasteiger partial charge in [-0.1, -0.05) is 41.9 Å². The van der Waals surface area contributed by atoms with Gasteiger partial charge in [-0.15, -0.1) is 11.8 Å². The molecule has 0 aliphatic carbocycles. The van der Waals surface area contributed by atoms with Crippen molar-refractivity contribution in [2.45, 2.75) is 10.9 Å². The van der Waals surface area contributed by atoms with Crippen LogP contribution in [0.1, 0.15) is 22.0 Å². The van der Waals surface area contributed by atoms with E-state index < -0.39 is 0 Å². The molecule has 2 aromatic rings. The second-order valence-electron chi connectivity index (χ2n) is 6.03. The zero-order chi connectivity index (χ0) is 17.1. The average molecular weight is 361 g/mol. The molecule has 1 aliphatic heterocycles. The monoisotopic (exact) mass is 360 g/mol. The molecule has 1 aliphatic rings. The SMILES string of the molecule is CSc1ccc(Cl)c(C(=O)N2CCN(C)CC2c2ccccc2)c1. The van der Waals surface area contributed by atoms with E-state index in [1.165, 1.54) is 0 Å². The van der Waals surface area contributed by atoms with E-state index in [-0.39, 0.29) is 11.9 Å². The van der Waals surface area contributed by atoms with Crippen molar-refractivity contribution in [1.82, 2.24) is 9.80 Å². The third-order valence-electron chi connectivity index (χ3n) is 4.43. The number of thioether (sulfide) groups is 1. The molecule has 0 N–H and O–H groups in total. The van der Waals surface area contributed by atoms with Crippen LogP contribution in [0.25, 0.3) is 0 Å². The molecule has 1 atom stereocenters. The Hall–Kier alpha value is -1.49. The number of hydrogen-bond acceptors (Lipinski definition) is 3. The Labute approximate surface area is 152 Å². The van der Waals surface area contributed by atoms with Crippen LogP contribution < -0.4 is 0 Å². The van der Waals surface area contributed by atoms with E-state index in [0.717, 1.165) is 23.5 Å². The van der Waals surface area contributed by atoms with Crippen molar-refractivity contribution in [3.8, 4) is 0 Å². The molecule has 3 rings (SSSR count). The first-order valence-electron chi connectivity index (χ1n) is 7.98. The van der Waals surface area contributed by atoms with E-state index in [9.17, 15) is 4.79 Å². The van der Waals surface area contributed by atoms with Crippen LogP contribution >= 0.6 is 23.4 Å². The van der Waals surface area contributed by atoms with Gasteiger partial charge < -0.3 is 9.80 Å². The third kappa shape index (κ3) is 3.61. The van der Waals surface area contributed by atoms with Gasteiger partial charge in [0, 0.05) is 24.5 Å². The third-order valence-corrected chi connectivity index (χ3v) is 5.49. The molecule has 2 aromatic carbocycles. The first kappa shape index (κ1) is 17.3. The van der Waals surface area contributed by atoms with Crippen LogP contribution in [0, 0.1) is 0 Å². The van der Waals surface area contributed by atoms with Crippen LogP contribution in [0.15, 0.2) is 53.4 Å². The first-order chi connectivity index (χ1) is 11.6. The quantitative estimate of drug-likeness (QED) is 0.767. The van der Waals surface area contributed by atoms with E-state index in [1.54, 1.807) is 11.8 Å². The molecule has 1 unspecified atom stereocenters. The first-order valence-corrected chi connectivity index (χ1v) is 9.58. The molecule has 5 heteroatoms. The molecule has 0 radical (unpaired) electrons. The minimum atomic E-state index is 0.0119. The number of benzene rings is 2. The Morgan fingerprint density at radius 2 is 1.92 bits per heavy atom. The minimum absolute atomic E-state index is 0.0119. The normalized spacial score (nSPS) is 18.6. The Morgan fingerprint density at radius 1 is 1.17 bits per heavy atom. The van der Waals surface area contributed by atoms with Crippen LogP contribution in [0.2, 0.25) is 5.02 Å². The van der Waals surface area contributed by atoms with Crippen LogP contribution in [0.5, 0.6) is 0 Å². The lowest BCUT2D eigenvalue weighted by atomic mass is 10.0. The average Bonchev–Trinajstić information content (AvgIpc) is 2.62. The smallest absolute Gasteiger partial charge is 0.256 e. The van der Waals surface area contributed by atoms with E-state index in [4.69, 9.17) is 11.6 Å². The highest BCUT2D eigenvalue weighted by Gasteiger charge is 2.31. The molecule has 0 saturated carbocycles. The summed E-state index contributed by atoms with van der Waals surface area (Å²) < 4.78 is 0. The maximum Gasteiger partial charge on any atom is 0.256 e. The Morgan fingerprint density at radius 3 is 2.62 bits per heavy atom. The van der Waals surface area contributed by atoms with Crippen molar-refractivity contribution in [1.29, 1.82) is 0 Å². The van der Waals surface area contributed by atoms with Gasteiger partial charge in [0.05, 0.1) is 16.6 Å². The van der Waals surface area contributed by atoms with Gasteiger partial charge in [-0.2, -0.15) is 0 Å². The van der Waals surface area contributed by atoms with Crippen molar-refractivity contribution in [2.24, 2.45) is 0 Å². The summed E-state index contributed by atoms with van der Waals surface area (Å²) >= 11 is 7.94. The highest BCUT2D eigenvalue weighted by Crippen LogP contribution is 2.30. The maximum absolute atomic E-state index is 13.2. The number of carbonyl (C=O) groups is 1. The summed E-state index contributed by atoms with van der Waals surface area (Å²) in [4.78, 5) is 18.5. The molecule has 126 valence electrons. The Bertz CT molecular complexity index is 723. The number of piperazine rings is 1. The number of halogens is 1. The van der Waals surface area contributed by atoms with E-state index in [1.807, 2.05) is 47.6 Å². The van der Waals surface area contributed by atoms with Gasteiger partial charge in [0.25, 0.3) is 5.91 Å². The molecule has 1 saturated heterocycles. The number of hydrogen-bond donors (Lipinski definition) is 0. The van der Waals surface area contributed by atoms with Crippen LogP contribution in [-0.2, 0) is 0 Å². The predicted octanol–water partition coefficient (Wildman–Crippen LogP) is 4.19. The maximum atomic E-state index is 13.2. The number of carbonyl (C=O) groups excluding carboxylic acids is 1. The van der Waals surface area contributed by atoms with Crippen molar-refractivity contribution in [3.05, 3.63) is 64.7 Å². The van der Waals surface area contributed by atoms with Crippen LogP contribution in [0.3, 0.4) is 0 Å². The Kier molecular flexibility index (Phi) is 5.49. The molecule has 0 spiro atoms. The van der Waals surface area contributed by atoms with Gasteiger partial charge >= 0.3 is 0 Å². The zero-order valence-corrected chi connectivity index (χ0v) is 15.5. The van der Waals surface area contributed by atoms with E-state index in [2.05, 4.69) is 24.1 Å². The Balaban J connectivity index is 1.95. The second-order valence-corrected chi connectivity index (χ2v) is 7.32. The summed E-state index contributed by atoms with van der Waals surface area (Å²) in [6, 6.07) is 15.9. The van der Waals surface area contributed by atoms with Gasteiger partial charge in [-0.3, -0.25) is 4.79 Å². The second kappa shape index (κ2) is 7.60. The minimum Gasteiger partial charge on any atom is -0.329 e. The van der Waals surface area contributed by atoms with Gasteiger partial charge in [-0.25, -0.2) is 0 Å². The largest absolute Gasteiger partial charge is 0.329 e. The molecule has 3 nitrogen and oxygen atoms in total. The zero-order valence-electron chi connectivity index (χ0n) is 13.9. The summed E-state index contributed by atoms with van der Waals surface area (Å²) in [5.41, 5.74) is 1.75. The van der Waals surface area contributed by atoms with Crippen molar-refractivity contribution >= 4 is 29.3 Å². The summed E-state index contributed by atoms with van der Waals surface area (Å²) in [5, 5.41) is 0.517. The van der Waals surface area contributed by atoms with E-state index >= 15 is 0 Å². The van der Waals surface area contributed by atoms with Crippen LogP contribution in [0.4, 0.5) is 0 Å². The lowest BCUT2D eigenvalue weighted by Crippen LogP contribution is -2.49. The molecular weight excluding hydrogens is 340 g/mol. The molecule has 1 fully saturated rings. The summed E-state index contributed by atoms with van der Waals surface area (Å²) in [6.45, 7) is 2.40.